The molecule has 0 heterocycles. The van der Waals surface area contributed by atoms with Gasteiger partial charge in [-0.15, -0.1) is 0 Å². The molecule has 0 fully saturated rings. The van der Waals surface area contributed by atoms with Crippen molar-refractivity contribution in [3.8, 4) is 11.5 Å². The standard InChI is InChI=1S/C28H46O10/c1-3-5-7-9-11-13-15-17-19-33-37-27(29)23-21-26(36-32)24(22-25(23)35-31)28(30)38-34-20-18-16-14-12-10-8-6-4-2/h21-22,31-32H,3-20H2,1-2H3. The highest BCUT2D eigenvalue weighted by Gasteiger charge is 2.25. The zero-order chi connectivity index (χ0) is 27.8. The molecule has 0 bridgehead atoms. The van der Waals surface area contributed by atoms with E-state index in [1.54, 1.807) is 0 Å². The molecule has 1 aromatic carbocycles. The summed E-state index contributed by atoms with van der Waals surface area (Å²) in [5.74, 6) is -2.83. The van der Waals surface area contributed by atoms with E-state index in [1.165, 1.54) is 64.2 Å². The first-order valence-electron chi connectivity index (χ1n) is 14.1. The predicted molar refractivity (Wildman–Crippen MR) is 141 cm³/mol. The van der Waals surface area contributed by atoms with E-state index < -0.39 is 23.4 Å². The van der Waals surface area contributed by atoms with Gasteiger partial charge in [-0.2, -0.15) is 9.78 Å². The predicted octanol–water partition coefficient (Wildman–Crippen LogP) is 7.85. The molecule has 0 aliphatic heterocycles. The molecule has 10 nitrogen and oxygen atoms in total. The van der Waals surface area contributed by atoms with Gasteiger partial charge in [0.15, 0.2) is 11.5 Å². The van der Waals surface area contributed by atoms with Gasteiger partial charge in [0.1, 0.15) is 11.1 Å². The molecule has 0 spiro atoms. The highest BCUT2D eigenvalue weighted by molar-refractivity contribution is 5.98. The zero-order valence-corrected chi connectivity index (χ0v) is 23.0. The smallest absolute Gasteiger partial charge is 0.339 e. The lowest BCUT2D eigenvalue weighted by atomic mass is 10.1. The van der Waals surface area contributed by atoms with E-state index in [9.17, 15) is 20.1 Å². The molecule has 1 rings (SSSR count). The monoisotopic (exact) mass is 542 g/mol. The minimum atomic E-state index is -1.00. The van der Waals surface area contributed by atoms with Crippen LogP contribution in [0.5, 0.6) is 11.5 Å². The van der Waals surface area contributed by atoms with Crippen molar-refractivity contribution in [3.63, 3.8) is 0 Å². The summed E-state index contributed by atoms with van der Waals surface area (Å²) in [4.78, 5) is 52.6. The van der Waals surface area contributed by atoms with Crippen molar-refractivity contribution in [1.82, 2.24) is 0 Å². The van der Waals surface area contributed by atoms with Gasteiger partial charge < -0.3 is 9.78 Å². The maximum atomic E-state index is 12.4. The van der Waals surface area contributed by atoms with Gasteiger partial charge in [-0.05, 0) is 12.8 Å². The molecule has 10 heteroatoms. The van der Waals surface area contributed by atoms with Crippen LogP contribution in [0.15, 0.2) is 12.1 Å². The van der Waals surface area contributed by atoms with Crippen LogP contribution >= 0.6 is 0 Å². The highest BCUT2D eigenvalue weighted by atomic mass is 17.2. The van der Waals surface area contributed by atoms with Crippen LogP contribution in [0.3, 0.4) is 0 Å². The fourth-order valence-corrected chi connectivity index (χ4v) is 3.90. The third kappa shape index (κ3) is 14.5. The Morgan fingerprint density at radius 2 is 0.868 bits per heavy atom. The average molecular weight is 543 g/mol. The molecule has 218 valence electrons. The van der Waals surface area contributed by atoms with Crippen molar-refractivity contribution in [2.45, 2.75) is 117 Å². The van der Waals surface area contributed by atoms with Crippen LogP contribution in [0.1, 0.15) is 137 Å². The normalized spacial score (nSPS) is 10.8. The highest BCUT2D eigenvalue weighted by Crippen LogP contribution is 2.30. The maximum Gasteiger partial charge on any atom is 0.377 e. The topological polar surface area (TPSA) is 130 Å². The molecule has 0 aliphatic rings. The second-order valence-corrected chi connectivity index (χ2v) is 9.36. The van der Waals surface area contributed by atoms with Crippen LogP contribution < -0.4 is 9.78 Å². The van der Waals surface area contributed by atoms with E-state index in [0.29, 0.717) is 0 Å². The number of unbranched alkanes of at least 4 members (excludes halogenated alkanes) is 14. The Labute approximate surface area is 226 Å². The molecular weight excluding hydrogens is 496 g/mol. The fraction of sp³-hybridized carbons (Fsp3) is 0.714. The first kappa shape index (κ1) is 33.6. The number of carbonyl (C=O) groups excluding carboxylic acids is 2. The minimum absolute atomic E-state index is 0.208. The summed E-state index contributed by atoms with van der Waals surface area (Å²) in [6, 6.07) is 1.92. The molecule has 0 atom stereocenters. The van der Waals surface area contributed by atoms with Crippen LogP contribution in [-0.2, 0) is 19.6 Å². The van der Waals surface area contributed by atoms with E-state index in [4.69, 9.17) is 19.6 Å². The Morgan fingerprint density at radius 3 is 1.18 bits per heavy atom. The van der Waals surface area contributed by atoms with Crippen molar-refractivity contribution in [2.24, 2.45) is 0 Å². The summed E-state index contributed by atoms with van der Waals surface area (Å²) in [5, 5.41) is 18.4. The third-order valence-electron chi connectivity index (χ3n) is 6.15. The van der Waals surface area contributed by atoms with Gasteiger partial charge in [0.25, 0.3) is 0 Å². The van der Waals surface area contributed by atoms with E-state index in [0.717, 1.165) is 50.7 Å². The lowest BCUT2D eigenvalue weighted by molar-refractivity contribution is -0.242. The summed E-state index contributed by atoms with van der Waals surface area (Å²) in [7, 11) is 0. The Bertz CT molecular complexity index is 704. The molecule has 0 saturated carbocycles. The van der Waals surface area contributed by atoms with E-state index in [1.807, 2.05) is 0 Å². The van der Waals surface area contributed by atoms with Crippen molar-refractivity contribution < 1.29 is 49.4 Å². The van der Waals surface area contributed by atoms with Gasteiger partial charge >= 0.3 is 11.9 Å². The van der Waals surface area contributed by atoms with Crippen molar-refractivity contribution in [3.05, 3.63) is 23.3 Å². The molecule has 0 amide bonds. The number of hydrogen-bond acceptors (Lipinski definition) is 10. The minimum Gasteiger partial charge on any atom is -0.339 e. The second kappa shape index (κ2) is 22.6. The van der Waals surface area contributed by atoms with Crippen LogP contribution in [0.4, 0.5) is 0 Å². The van der Waals surface area contributed by atoms with E-state index in [-0.39, 0.29) is 24.3 Å². The molecule has 0 saturated heterocycles. The van der Waals surface area contributed by atoms with Gasteiger partial charge in [-0.25, -0.2) is 20.1 Å². The van der Waals surface area contributed by atoms with E-state index in [2.05, 4.69) is 23.6 Å². The first-order valence-corrected chi connectivity index (χ1v) is 14.1. The van der Waals surface area contributed by atoms with E-state index >= 15 is 0 Å². The Balaban J connectivity index is 2.43. The fourth-order valence-electron chi connectivity index (χ4n) is 3.90. The van der Waals surface area contributed by atoms with Crippen molar-refractivity contribution >= 4 is 11.9 Å². The van der Waals surface area contributed by atoms with Gasteiger partial charge in [0.05, 0.1) is 13.2 Å². The van der Waals surface area contributed by atoms with Crippen molar-refractivity contribution in [2.75, 3.05) is 13.2 Å². The zero-order valence-electron chi connectivity index (χ0n) is 23.0. The lowest BCUT2D eigenvalue weighted by Crippen LogP contribution is -2.13. The summed E-state index contributed by atoms with van der Waals surface area (Å²) >= 11 is 0. The number of hydrogen-bond donors (Lipinski definition) is 2. The first-order chi connectivity index (χ1) is 18.6. The molecule has 1 aromatic rings. The molecule has 0 aromatic heterocycles. The SMILES string of the molecule is CCCCCCCCCCOOC(=O)c1cc(OO)c(C(=O)OOCCCCCCCCCC)cc1OO. The molecule has 0 unspecified atom stereocenters. The average Bonchev–Trinajstić information content (AvgIpc) is 2.93. The van der Waals surface area contributed by atoms with Crippen molar-refractivity contribution in [1.29, 1.82) is 0 Å². The van der Waals surface area contributed by atoms with Gasteiger partial charge in [0, 0.05) is 12.1 Å². The third-order valence-corrected chi connectivity index (χ3v) is 6.15. The Hall–Kier alpha value is -2.40. The summed E-state index contributed by atoms with van der Waals surface area (Å²) in [6.07, 6.45) is 17.8. The summed E-state index contributed by atoms with van der Waals surface area (Å²) in [5.41, 5.74) is -0.659. The molecule has 2 N–H and O–H groups in total. The van der Waals surface area contributed by atoms with Crippen LogP contribution in [0.2, 0.25) is 0 Å². The summed E-state index contributed by atoms with van der Waals surface area (Å²) < 4.78 is 0. The van der Waals surface area contributed by atoms with Gasteiger partial charge in [-0.1, -0.05) is 104 Å². The van der Waals surface area contributed by atoms with Crippen LogP contribution in [0.25, 0.3) is 0 Å². The number of rotatable bonds is 24. The van der Waals surface area contributed by atoms with Gasteiger partial charge in [-0.3, -0.25) is 9.78 Å². The van der Waals surface area contributed by atoms with Crippen LogP contribution in [0, 0.1) is 0 Å². The second-order valence-electron chi connectivity index (χ2n) is 9.36. The number of benzene rings is 1. The quantitative estimate of drug-likeness (QED) is 0.0756. The maximum absolute atomic E-state index is 12.4. The van der Waals surface area contributed by atoms with Gasteiger partial charge in [0.2, 0.25) is 0 Å². The molecular formula is C28H46O10. The largest absolute Gasteiger partial charge is 0.377 e. The van der Waals surface area contributed by atoms with Crippen LogP contribution in [-0.4, -0.2) is 35.7 Å². The molecule has 0 radical (unpaired) electrons. The number of carbonyl (C=O) groups is 2. The summed E-state index contributed by atoms with van der Waals surface area (Å²) in [6.45, 7) is 4.78. The Morgan fingerprint density at radius 1 is 0.553 bits per heavy atom. The lowest BCUT2D eigenvalue weighted by Gasteiger charge is -2.11. The molecule has 38 heavy (non-hydrogen) atoms. The molecule has 0 aliphatic carbocycles. The Kier molecular flexibility index (Phi) is 20.0.